The minimum Gasteiger partial charge on any atom is -0.462 e. The summed E-state index contributed by atoms with van der Waals surface area (Å²) in [7, 11) is 0. The van der Waals surface area contributed by atoms with Gasteiger partial charge in [0.15, 0.2) is 0 Å². The molecule has 3 aromatic heterocycles. The molecule has 29 heavy (non-hydrogen) atoms. The van der Waals surface area contributed by atoms with Gasteiger partial charge >= 0.3 is 5.97 Å². The summed E-state index contributed by atoms with van der Waals surface area (Å²) in [4.78, 5) is 39.9. The van der Waals surface area contributed by atoms with Crippen LogP contribution in [-0.4, -0.2) is 28.3 Å². The second kappa shape index (κ2) is 9.15. The molecule has 0 saturated carbocycles. The molecule has 9 heteroatoms. The van der Waals surface area contributed by atoms with Gasteiger partial charge in [0.1, 0.15) is 17.2 Å². The number of rotatable bonds is 7. The summed E-state index contributed by atoms with van der Waals surface area (Å²) in [6, 6.07) is 8.68. The van der Waals surface area contributed by atoms with Gasteiger partial charge in [0.25, 0.3) is 5.56 Å². The van der Waals surface area contributed by atoms with Crippen molar-refractivity contribution in [1.82, 2.24) is 9.78 Å². The van der Waals surface area contributed by atoms with Crippen molar-refractivity contribution >= 4 is 39.6 Å². The third-order valence-electron chi connectivity index (χ3n) is 4.03. The maximum Gasteiger partial charge on any atom is 0.341 e. The molecule has 0 bridgehead atoms. The van der Waals surface area contributed by atoms with Crippen molar-refractivity contribution in [2.45, 2.75) is 33.7 Å². The van der Waals surface area contributed by atoms with Crippen LogP contribution in [0, 0.1) is 6.92 Å². The van der Waals surface area contributed by atoms with Crippen molar-refractivity contribution in [1.29, 1.82) is 0 Å². The van der Waals surface area contributed by atoms with Crippen LogP contribution in [-0.2, 0) is 22.5 Å². The van der Waals surface area contributed by atoms with Crippen LogP contribution < -0.4 is 10.9 Å². The fraction of sp³-hybridized carbons (Fsp3) is 0.300. The number of hydrogen-bond acceptors (Lipinski definition) is 7. The second-order valence-electron chi connectivity index (χ2n) is 6.20. The summed E-state index contributed by atoms with van der Waals surface area (Å²) in [5.74, 6) is -0.918. The van der Waals surface area contributed by atoms with Crippen LogP contribution in [0.5, 0.6) is 0 Å². The van der Waals surface area contributed by atoms with Gasteiger partial charge in [0.05, 0.1) is 17.0 Å². The molecular weight excluding hydrogens is 410 g/mol. The van der Waals surface area contributed by atoms with Crippen LogP contribution in [0.1, 0.15) is 34.0 Å². The number of carbonyl (C=O) groups excluding carboxylic acids is 2. The fourth-order valence-electron chi connectivity index (χ4n) is 2.64. The van der Waals surface area contributed by atoms with Crippen LogP contribution in [0.4, 0.5) is 5.00 Å². The van der Waals surface area contributed by atoms with E-state index in [0.29, 0.717) is 16.3 Å². The normalized spacial score (nSPS) is 10.7. The minimum atomic E-state index is -0.482. The Hall–Kier alpha value is -2.78. The highest BCUT2D eigenvalue weighted by Crippen LogP contribution is 2.29. The number of nitrogens with zero attached hydrogens (tertiary/aromatic N) is 2. The van der Waals surface area contributed by atoms with Gasteiger partial charge < -0.3 is 10.1 Å². The Labute approximate surface area is 176 Å². The van der Waals surface area contributed by atoms with Crippen LogP contribution >= 0.6 is 22.7 Å². The number of aromatic nitrogens is 2. The lowest BCUT2D eigenvalue weighted by atomic mass is 10.2. The molecule has 0 aliphatic heterocycles. The fourth-order valence-corrected chi connectivity index (χ4v) is 4.47. The van der Waals surface area contributed by atoms with Crippen LogP contribution in [0.25, 0.3) is 10.6 Å². The molecule has 0 aliphatic carbocycles. The van der Waals surface area contributed by atoms with Gasteiger partial charge in [-0.05, 0) is 44.5 Å². The van der Waals surface area contributed by atoms with E-state index in [1.54, 1.807) is 30.4 Å². The van der Waals surface area contributed by atoms with Gasteiger partial charge in [-0.3, -0.25) is 9.59 Å². The zero-order valence-electron chi connectivity index (χ0n) is 16.4. The van der Waals surface area contributed by atoms with Gasteiger partial charge in [-0.25, -0.2) is 9.48 Å². The molecule has 3 heterocycles. The first kappa shape index (κ1) is 20.9. The number of carbonyl (C=O) groups is 2. The van der Waals surface area contributed by atoms with E-state index in [9.17, 15) is 14.4 Å². The standard InChI is InChI=1S/C20H21N3O4S2/c1-4-13-10-14(20(26)27-5-2)19(29-13)21-17(24)11-23-18(25)9-7-15(22-23)16-8-6-12(3)28-16/h6-10H,4-5,11H2,1-3H3,(H,21,24). The van der Waals surface area contributed by atoms with E-state index in [0.717, 1.165) is 25.7 Å². The maximum atomic E-state index is 12.6. The van der Waals surface area contributed by atoms with Gasteiger partial charge in [0, 0.05) is 15.8 Å². The van der Waals surface area contributed by atoms with Gasteiger partial charge in [0.2, 0.25) is 5.91 Å². The lowest BCUT2D eigenvalue weighted by Gasteiger charge is -2.08. The second-order valence-corrected chi connectivity index (χ2v) is 8.63. The van der Waals surface area contributed by atoms with Gasteiger partial charge in [-0.15, -0.1) is 22.7 Å². The smallest absolute Gasteiger partial charge is 0.341 e. The molecular formula is C20H21N3O4S2. The summed E-state index contributed by atoms with van der Waals surface area (Å²) in [5, 5.41) is 7.46. The average molecular weight is 432 g/mol. The van der Waals surface area contributed by atoms with Crippen LogP contribution in [0.2, 0.25) is 0 Å². The molecule has 0 radical (unpaired) electrons. The highest BCUT2D eigenvalue weighted by Gasteiger charge is 2.19. The zero-order valence-corrected chi connectivity index (χ0v) is 18.0. The molecule has 0 fully saturated rings. The van der Waals surface area contributed by atoms with Crippen molar-refractivity contribution in [2.75, 3.05) is 11.9 Å². The molecule has 0 saturated heterocycles. The number of thiophene rings is 2. The number of aryl methyl sites for hydroxylation is 2. The quantitative estimate of drug-likeness (QED) is 0.576. The SMILES string of the molecule is CCOC(=O)c1cc(CC)sc1NC(=O)Cn1nc(-c2ccc(C)s2)ccc1=O. The predicted molar refractivity (Wildman–Crippen MR) is 115 cm³/mol. The highest BCUT2D eigenvalue weighted by molar-refractivity contribution is 7.16. The molecule has 7 nitrogen and oxygen atoms in total. The van der Waals surface area contributed by atoms with Crippen molar-refractivity contribution in [2.24, 2.45) is 0 Å². The lowest BCUT2D eigenvalue weighted by Crippen LogP contribution is -2.29. The highest BCUT2D eigenvalue weighted by atomic mass is 32.1. The van der Waals surface area contributed by atoms with E-state index in [1.165, 1.54) is 17.4 Å². The topological polar surface area (TPSA) is 90.3 Å². The number of amides is 1. The Morgan fingerprint density at radius 3 is 2.62 bits per heavy atom. The summed E-state index contributed by atoms with van der Waals surface area (Å²) < 4.78 is 6.19. The van der Waals surface area contributed by atoms with E-state index < -0.39 is 11.9 Å². The van der Waals surface area contributed by atoms with E-state index in [2.05, 4.69) is 10.4 Å². The molecule has 1 N–H and O–H groups in total. The van der Waals surface area contributed by atoms with Crippen molar-refractivity contribution in [3.05, 3.63) is 56.0 Å². The van der Waals surface area contributed by atoms with Crippen molar-refractivity contribution < 1.29 is 14.3 Å². The van der Waals surface area contributed by atoms with E-state index in [-0.39, 0.29) is 18.7 Å². The Balaban J connectivity index is 1.80. The lowest BCUT2D eigenvalue weighted by molar-refractivity contribution is -0.116. The van der Waals surface area contributed by atoms with Crippen molar-refractivity contribution in [3.8, 4) is 10.6 Å². The van der Waals surface area contributed by atoms with Crippen molar-refractivity contribution in [3.63, 3.8) is 0 Å². The van der Waals surface area contributed by atoms with Crippen LogP contribution in [0.15, 0.2) is 35.1 Å². The first-order chi connectivity index (χ1) is 13.9. The number of hydrogen-bond donors (Lipinski definition) is 1. The molecule has 3 rings (SSSR count). The summed E-state index contributed by atoms with van der Waals surface area (Å²) >= 11 is 2.88. The third-order valence-corrected chi connectivity index (χ3v) is 6.25. The van der Waals surface area contributed by atoms with Gasteiger partial charge in [-0.2, -0.15) is 5.10 Å². The molecule has 0 aromatic carbocycles. The van der Waals surface area contributed by atoms with E-state index in [4.69, 9.17) is 4.74 Å². The number of esters is 1. The van der Waals surface area contributed by atoms with Crippen LogP contribution in [0.3, 0.4) is 0 Å². The molecule has 3 aromatic rings. The maximum absolute atomic E-state index is 12.6. The number of anilines is 1. The Bertz CT molecular complexity index is 1100. The Morgan fingerprint density at radius 1 is 1.17 bits per heavy atom. The number of ether oxygens (including phenoxy) is 1. The monoisotopic (exact) mass is 431 g/mol. The summed E-state index contributed by atoms with van der Waals surface area (Å²) in [6.07, 6.45) is 0.732. The first-order valence-electron chi connectivity index (χ1n) is 9.16. The summed E-state index contributed by atoms with van der Waals surface area (Å²) in [5.41, 5.74) is 0.584. The van der Waals surface area contributed by atoms with E-state index in [1.807, 2.05) is 26.0 Å². The summed E-state index contributed by atoms with van der Waals surface area (Å²) in [6.45, 7) is 5.68. The molecule has 1 amide bonds. The molecule has 0 unspecified atom stereocenters. The molecule has 152 valence electrons. The van der Waals surface area contributed by atoms with E-state index >= 15 is 0 Å². The number of nitrogens with one attached hydrogen (secondary N) is 1. The molecule has 0 spiro atoms. The average Bonchev–Trinajstić information content (AvgIpc) is 3.30. The third kappa shape index (κ3) is 4.99. The molecule has 0 aliphatic rings. The largest absolute Gasteiger partial charge is 0.462 e. The Morgan fingerprint density at radius 2 is 1.97 bits per heavy atom. The Kier molecular flexibility index (Phi) is 6.60. The van der Waals surface area contributed by atoms with Gasteiger partial charge in [-0.1, -0.05) is 6.92 Å². The minimum absolute atomic E-state index is 0.248. The predicted octanol–water partition coefficient (Wildman–Crippen LogP) is 3.72. The zero-order chi connectivity index (χ0) is 21.0. The first-order valence-corrected chi connectivity index (χ1v) is 10.8. The molecule has 0 atom stereocenters.